The van der Waals surface area contributed by atoms with Crippen LogP contribution in [0.2, 0.25) is 0 Å². The van der Waals surface area contributed by atoms with Crippen molar-refractivity contribution in [1.82, 2.24) is 0 Å². The summed E-state index contributed by atoms with van der Waals surface area (Å²) in [6.07, 6.45) is 0. The van der Waals surface area contributed by atoms with Crippen molar-refractivity contribution in [2.24, 2.45) is 5.92 Å². The van der Waals surface area contributed by atoms with E-state index in [2.05, 4.69) is 18.6 Å². The Bertz CT molecular complexity index is 161. The molecule has 0 aromatic carbocycles. The van der Waals surface area contributed by atoms with E-state index in [1.54, 1.807) is 0 Å². The molecule has 0 radical (unpaired) electrons. The zero-order chi connectivity index (χ0) is 7.49. The van der Waals surface area contributed by atoms with E-state index in [4.69, 9.17) is 0 Å². The first-order chi connectivity index (χ1) is 3.92. The number of hydrogen-bond acceptors (Lipinski definition) is 3. The molecule has 0 heterocycles. The molecule has 0 saturated carbocycles. The Morgan fingerprint density at radius 3 is 2.11 bits per heavy atom. The molecular weight excluding hydrogens is 187 g/mol. The van der Waals surface area contributed by atoms with Crippen LogP contribution in [0.5, 0.6) is 0 Å². The fourth-order valence-electron chi connectivity index (χ4n) is 0.213. The van der Waals surface area contributed by atoms with Crippen LogP contribution in [0.3, 0.4) is 0 Å². The van der Waals surface area contributed by atoms with E-state index in [0.717, 1.165) is 0 Å². The molecule has 0 amide bonds. The summed E-state index contributed by atoms with van der Waals surface area (Å²) < 4.78 is 24.6. The van der Waals surface area contributed by atoms with Crippen molar-refractivity contribution in [2.75, 3.05) is 6.61 Å². The molecule has 0 N–H and O–H groups in total. The maximum atomic E-state index is 10.1. The number of hydrogen-bond donors (Lipinski definition) is 0. The average Bonchev–Trinajstić information content (AvgIpc) is 1.59. The SMILES string of the molecule is CC(C)CO[S](=O)(=O)[Ni]. The zero-order valence-corrected chi connectivity index (χ0v) is 7.04. The van der Waals surface area contributed by atoms with Gasteiger partial charge < -0.3 is 0 Å². The van der Waals surface area contributed by atoms with Gasteiger partial charge in [0.05, 0.1) is 0 Å². The summed E-state index contributed by atoms with van der Waals surface area (Å²) in [6.45, 7) is 3.89. The van der Waals surface area contributed by atoms with E-state index >= 15 is 0 Å². The van der Waals surface area contributed by atoms with Crippen LogP contribution in [-0.2, 0) is 27.2 Å². The van der Waals surface area contributed by atoms with E-state index in [9.17, 15) is 8.42 Å². The summed E-state index contributed by atoms with van der Waals surface area (Å²) in [5.41, 5.74) is 0. The van der Waals surface area contributed by atoms with Crippen molar-refractivity contribution in [3.8, 4) is 0 Å². The van der Waals surface area contributed by atoms with Gasteiger partial charge in [0.25, 0.3) is 0 Å². The van der Waals surface area contributed by atoms with Gasteiger partial charge in [0.15, 0.2) is 0 Å². The third-order valence-electron chi connectivity index (χ3n) is 0.535. The van der Waals surface area contributed by atoms with Crippen molar-refractivity contribution >= 4 is 8.64 Å². The molecule has 9 heavy (non-hydrogen) atoms. The normalized spacial score (nSPS) is 12.6. The molecule has 0 aromatic rings. The van der Waals surface area contributed by atoms with Crippen molar-refractivity contribution < 1.29 is 27.0 Å². The van der Waals surface area contributed by atoms with Crippen LogP contribution in [0.1, 0.15) is 13.8 Å². The van der Waals surface area contributed by atoms with Gasteiger partial charge in [-0.25, -0.2) is 0 Å². The van der Waals surface area contributed by atoms with Crippen LogP contribution in [0.4, 0.5) is 0 Å². The molecule has 0 aliphatic rings. The molecule has 0 rings (SSSR count). The Balaban J connectivity index is 3.53. The second-order valence-electron chi connectivity index (χ2n) is 2.04. The van der Waals surface area contributed by atoms with Gasteiger partial charge in [-0.3, -0.25) is 0 Å². The predicted molar refractivity (Wildman–Crippen MR) is 29.7 cm³/mol. The third-order valence-corrected chi connectivity index (χ3v) is 1.29. The van der Waals surface area contributed by atoms with Gasteiger partial charge in [-0.05, 0) is 0 Å². The van der Waals surface area contributed by atoms with Crippen LogP contribution in [0, 0.1) is 5.92 Å². The second kappa shape index (κ2) is 3.54. The van der Waals surface area contributed by atoms with Gasteiger partial charge in [-0.1, -0.05) is 0 Å². The fourth-order valence-corrected chi connectivity index (χ4v) is 0.841. The molecule has 0 saturated heterocycles. The van der Waals surface area contributed by atoms with Gasteiger partial charge in [-0.15, -0.1) is 0 Å². The summed E-state index contributed by atoms with van der Waals surface area (Å²) in [6, 6.07) is 0. The Hall–Kier alpha value is 0.404. The van der Waals surface area contributed by atoms with Crippen molar-refractivity contribution in [1.29, 1.82) is 0 Å². The van der Waals surface area contributed by atoms with Gasteiger partial charge in [-0.2, -0.15) is 0 Å². The molecule has 0 spiro atoms. The van der Waals surface area contributed by atoms with Crippen molar-refractivity contribution in [2.45, 2.75) is 13.8 Å². The number of rotatable bonds is 3. The molecule has 0 aliphatic heterocycles. The Labute approximate surface area is 62.4 Å². The first-order valence-electron chi connectivity index (χ1n) is 2.48. The van der Waals surface area contributed by atoms with Crippen LogP contribution in [-0.4, -0.2) is 15.0 Å². The van der Waals surface area contributed by atoms with Crippen molar-refractivity contribution in [3.63, 3.8) is 0 Å². The van der Waals surface area contributed by atoms with Gasteiger partial charge in [0, 0.05) is 0 Å². The molecule has 3 nitrogen and oxygen atoms in total. The van der Waals surface area contributed by atoms with Gasteiger partial charge >= 0.3 is 62.0 Å². The van der Waals surface area contributed by atoms with Gasteiger partial charge in [0.1, 0.15) is 0 Å². The molecule has 59 valence electrons. The van der Waals surface area contributed by atoms with Crippen LogP contribution in [0.25, 0.3) is 0 Å². The van der Waals surface area contributed by atoms with Crippen molar-refractivity contribution in [3.05, 3.63) is 0 Å². The standard InChI is InChI=1S/C4H9O3S.Ni/c1-4(2)3-7-8(5)6;/h4H,3H2,1-2H3;. The first-order valence-corrected chi connectivity index (χ1v) is 4.95. The topological polar surface area (TPSA) is 43.4 Å². The second-order valence-corrected chi connectivity index (χ2v) is 4.48. The monoisotopic (exact) mass is 195 g/mol. The van der Waals surface area contributed by atoms with E-state index in [1.807, 2.05) is 13.8 Å². The van der Waals surface area contributed by atoms with E-state index in [1.165, 1.54) is 0 Å². The quantitative estimate of drug-likeness (QED) is 0.615. The van der Waals surface area contributed by atoms with E-state index in [-0.39, 0.29) is 12.5 Å². The average molecular weight is 196 g/mol. The summed E-state index contributed by atoms with van der Waals surface area (Å²) >= 11 is 3.66. The summed E-state index contributed by atoms with van der Waals surface area (Å²) in [5.74, 6) is 0.204. The van der Waals surface area contributed by atoms with Crippen LogP contribution < -0.4 is 0 Å². The fraction of sp³-hybridized carbons (Fsp3) is 1.00. The van der Waals surface area contributed by atoms with E-state index in [0.29, 0.717) is 0 Å². The molecule has 0 bridgehead atoms. The molecule has 5 heteroatoms. The summed E-state index contributed by atoms with van der Waals surface area (Å²) in [4.78, 5) is 0. The Morgan fingerprint density at radius 1 is 1.56 bits per heavy atom. The molecule has 0 fully saturated rings. The molecule has 0 unspecified atom stereocenters. The minimum atomic E-state index is -3.59. The third kappa shape index (κ3) is 8.40. The maximum absolute atomic E-state index is 10.1. The Kier molecular flexibility index (Phi) is 3.70. The molecule has 0 atom stereocenters. The first kappa shape index (κ1) is 9.40. The van der Waals surface area contributed by atoms with Crippen LogP contribution >= 0.6 is 0 Å². The predicted octanol–water partition coefficient (Wildman–Crippen LogP) is 0.451. The Morgan fingerprint density at radius 2 is 2.00 bits per heavy atom. The minimum absolute atomic E-state index is 0.183. The van der Waals surface area contributed by atoms with Gasteiger partial charge in [0.2, 0.25) is 0 Å². The zero-order valence-electron chi connectivity index (χ0n) is 5.23. The molecule has 0 aliphatic carbocycles. The summed E-state index contributed by atoms with van der Waals surface area (Å²) in [5, 5.41) is 0. The molecule has 0 aromatic heterocycles. The van der Waals surface area contributed by atoms with E-state index < -0.39 is 8.64 Å². The molecular formula is C4H9NiO3S. The van der Waals surface area contributed by atoms with Crippen LogP contribution in [0.15, 0.2) is 0 Å². The summed E-state index contributed by atoms with van der Waals surface area (Å²) in [7, 11) is -3.59.